The summed E-state index contributed by atoms with van der Waals surface area (Å²) in [6, 6.07) is 0. The number of carbonyl (C=O) groups excluding carboxylic acids is 2. The zero-order valence-corrected chi connectivity index (χ0v) is 15.3. The van der Waals surface area contributed by atoms with E-state index in [0.717, 1.165) is 14.2 Å². The van der Waals surface area contributed by atoms with Crippen LogP contribution in [0, 0.1) is 11.5 Å². The fraction of sp³-hybridized carbons (Fsp3) is 0.571. The maximum Gasteiger partial charge on any atom is 2.00 e. The predicted molar refractivity (Wildman–Crippen MR) is 77.2 cm³/mol. The van der Waals surface area contributed by atoms with Crippen LogP contribution in [-0.2, 0) is 31.3 Å². The molecule has 0 aromatic heterocycles. The van der Waals surface area contributed by atoms with Crippen molar-refractivity contribution < 1.29 is 41.5 Å². The van der Waals surface area contributed by atoms with Crippen molar-refractivity contribution in [3.05, 3.63) is 34.3 Å². The average molecular weight is 333 g/mol. The number of nitrogens with one attached hydrogen (secondary N) is 2. The molecule has 1 rings (SSSR count). The maximum atomic E-state index is 8.47. The summed E-state index contributed by atoms with van der Waals surface area (Å²) in [5.41, 5.74) is 15.5. The molecule has 21 heavy (non-hydrogen) atoms. The molecule has 0 saturated heterocycles. The van der Waals surface area contributed by atoms with Crippen LogP contribution in [0.3, 0.4) is 0 Å². The first-order chi connectivity index (χ1) is 9.28. The fourth-order valence-electron chi connectivity index (χ4n) is 1.41. The van der Waals surface area contributed by atoms with Gasteiger partial charge in [-0.05, 0) is 0 Å². The number of carbonyl (C=O) groups is 2. The van der Waals surface area contributed by atoms with E-state index in [-0.39, 0.29) is 40.0 Å². The van der Waals surface area contributed by atoms with Gasteiger partial charge in [0, 0.05) is 12.8 Å². The summed E-state index contributed by atoms with van der Waals surface area (Å²) in [4.78, 5) is 16.9. The van der Waals surface area contributed by atoms with Crippen LogP contribution in [0.5, 0.6) is 0 Å². The molecule has 0 aliphatic heterocycles. The second kappa shape index (κ2) is 21.4. The molecule has 1 aliphatic carbocycles. The monoisotopic (exact) mass is 333 g/mol. The number of hydrogen-bond acceptors (Lipinski definition) is 4. The van der Waals surface area contributed by atoms with Crippen LogP contribution < -0.4 is 10.2 Å². The predicted octanol–water partition coefficient (Wildman–Crippen LogP) is 1.45. The Morgan fingerprint density at radius 2 is 1.19 bits per heavy atom. The minimum absolute atomic E-state index is 0. The number of amides is 2. The molecule has 0 unspecified atom stereocenters. The SMILES string of the molecule is CC1=[C-]C(C)(C)C(C)=C1C.C[O-].C[O-].[NH-]C=O.[NH-]C=O.[Ti+2]. The first-order valence-electron chi connectivity index (χ1n) is 5.62. The van der Waals surface area contributed by atoms with Gasteiger partial charge in [0.1, 0.15) is 0 Å². The third-order valence-corrected chi connectivity index (χ3v) is 2.56. The summed E-state index contributed by atoms with van der Waals surface area (Å²) < 4.78 is 0. The summed E-state index contributed by atoms with van der Waals surface area (Å²) in [5.74, 6) is 0. The molecule has 0 spiro atoms. The summed E-state index contributed by atoms with van der Waals surface area (Å²) in [5, 5.41) is 16.5. The molecule has 2 N–H and O–H groups in total. The van der Waals surface area contributed by atoms with Gasteiger partial charge in [0.2, 0.25) is 0 Å². The molecule has 0 radical (unpaired) electrons. The van der Waals surface area contributed by atoms with E-state index < -0.39 is 0 Å². The second-order valence-corrected chi connectivity index (χ2v) is 3.86. The first kappa shape index (κ1) is 32.1. The van der Waals surface area contributed by atoms with Crippen LogP contribution >= 0.6 is 0 Å². The molecule has 0 aromatic carbocycles. The van der Waals surface area contributed by atoms with Crippen LogP contribution in [0.15, 0.2) is 16.7 Å². The number of rotatable bonds is 0. The van der Waals surface area contributed by atoms with E-state index in [2.05, 4.69) is 40.7 Å². The van der Waals surface area contributed by atoms with Gasteiger partial charge in [0.25, 0.3) is 0 Å². The Labute approximate surface area is 143 Å². The van der Waals surface area contributed by atoms with Crippen LogP contribution in [-0.4, -0.2) is 27.0 Å². The van der Waals surface area contributed by atoms with Crippen LogP contribution in [0.4, 0.5) is 0 Å². The number of allylic oxidation sites excluding steroid dienone is 4. The topological polar surface area (TPSA) is 128 Å². The molecule has 0 atom stereocenters. The van der Waals surface area contributed by atoms with E-state index in [1.807, 2.05) is 0 Å². The molecule has 7 heteroatoms. The van der Waals surface area contributed by atoms with Crippen molar-refractivity contribution in [1.82, 2.24) is 0 Å². The molecular formula is C14H25N2O4Ti-3. The first-order valence-corrected chi connectivity index (χ1v) is 5.62. The van der Waals surface area contributed by atoms with Gasteiger partial charge in [0.05, 0.1) is 0 Å². The minimum atomic E-state index is 0. The van der Waals surface area contributed by atoms with Crippen molar-refractivity contribution in [2.45, 2.75) is 34.6 Å². The quantitative estimate of drug-likeness (QED) is 0.377. The Morgan fingerprint density at radius 1 is 0.952 bits per heavy atom. The molecule has 6 nitrogen and oxygen atoms in total. The van der Waals surface area contributed by atoms with Crippen molar-refractivity contribution in [2.24, 2.45) is 5.41 Å². The van der Waals surface area contributed by atoms with E-state index in [4.69, 9.17) is 31.3 Å². The van der Waals surface area contributed by atoms with Gasteiger partial charge >= 0.3 is 21.7 Å². The fourth-order valence-corrected chi connectivity index (χ4v) is 1.41. The summed E-state index contributed by atoms with van der Waals surface area (Å²) >= 11 is 0. The molecular weight excluding hydrogens is 308 g/mol. The van der Waals surface area contributed by atoms with Gasteiger partial charge in [0.15, 0.2) is 0 Å². The average Bonchev–Trinajstić information content (AvgIpc) is 2.59. The van der Waals surface area contributed by atoms with E-state index >= 15 is 0 Å². The van der Waals surface area contributed by atoms with Crippen molar-refractivity contribution in [3.8, 4) is 0 Å². The van der Waals surface area contributed by atoms with Crippen LogP contribution in [0.2, 0.25) is 0 Å². The maximum absolute atomic E-state index is 8.47. The number of hydrogen-bond donors (Lipinski definition) is 0. The molecule has 0 saturated carbocycles. The smallest absolute Gasteiger partial charge is 0.857 e. The van der Waals surface area contributed by atoms with Crippen molar-refractivity contribution >= 4 is 12.8 Å². The van der Waals surface area contributed by atoms with Gasteiger partial charge in [-0.1, -0.05) is 33.1 Å². The Balaban J connectivity index is -0.0000000660. The molecule has 0 fully saturated rings. The van der Waals surface area contributed by atoms with Gasteiger partial charge < -0.3 is 31.3 Å². The summed E-state index contributed by atoms with van der Waals surface area (Å²) in [6.07, 6.45) is 3.44. The Kier molecular flexibility index (Phi) is 32.7. The van der Waals surface area contributed by atoms with E-state index in [1.54, 1.807) is 0 Å². The van der Waals surface area contributed by atoms with Gasteiger partial charge in [-0.15, -0.1) is 6.92 Å². The molecule has 122 valence electrons. The van der Waals surface area contributed by atoms with E-state index in [9.17, 15) is 0 Å². The Bertz CT molecular complexity index is 308. The second-order valence-electron chi connectivity index (χ2n) is 3.86. The third kappa shape index (κ3) is 17.0. The normalized spacial score (nSPS) is 12.9. The Hall–Kier alpha value is -0.946. The van der Waals surface area contributed by atoms with Crippen LogP contribution in [0.25, 0.3) is 11.5 Å². The van der Waals surface area contributed by atoms with E-state index in [1.165, 1.54) is 16.7 Å². The molecule has 2 amide bonds. The zero-order valence-electron chi connectivity index (χ0n) is 13.8. The van der Waals surface area contributed by atoms with E-state index in [0.29, 0.717) is 0 Å². The van der Waals surface area contributed by atoms with Crippen molar-refractivity contribution in [2.75, 3.05) is 14.2 Å². The summed E-state index contributed by atoms with van der Waals surface area (Å²) in [6.45, 7) is 10.9. The molecule has 1 aliphatic rings. The van der Waals surface area contributed by atoms with Gasteiger partial charge in [-0.2, -0.15) is 25.4 Å². The van der Waals surface area contributed by atoms with Crippen LogP contribution in [0.1, 0.15) is 34.6 Å². The van der Waals surface area contributed by atoms with Crippen molar-refractivity contribution in [1.29, 1.82) is 0 Å². The molecule has 0 heterocycles. The minimum Gasteiger partial charge on any atom is -0.857 e. The van der Waals surface area contributed by atoms with Crippen molar-refractivity contribution in [3.63, 3.8) is 0 Å². The van der Waals surface area contributed by atoms with Gasteiger partial charge in [-0.3, -0.25) is 6.08 Å². The van der Waals surface area contributed by atoms with Gasteiger partial charge in [-0.25, -0.2) is 5.57 Å². The molecule has 0 aromatic rings. The largest absolute Gasteiger partial charge is 2.00 e. The third-order valence-electron chi connectivity index (χ3n) is 2.56. The zero-order chi connectivity index (χ0) is 17.4. The molecule has 0 bridgehead atoms. The standard InChI is InChI=1S/C10H15.2CH3NO.2CH3O.Ti/c1-7-6-10(4,5)9(3)8(7)2;2*2-1-3;2*1-2;/h1-5H3;2*1H,(H2,2,3);2*1H3;/q-1;;;2*-1;+2/p-2. The summed E-state index contributed by atoms with van der Waals surface area (Å²) in [7, 11) is 1.50. The Morgan fingerprint density at radius 3 is 1.24 bits per heavy atom.